The van der Waals surface area contributed by atoms with Gasteiger partial charge in [-0.15, -0.1) is 0 Å². The molecular formula is C12H19FN2O. The zero-order valence-corrected chi connectivity index (χ0v) is 10.1. The Morgan fingerprint density at radius 3 is 2.75 bits per heavy atom. The monoisotopic (exact) mass is 226 g/mol. The zero-order valence-electron chi connectivity index (χ0n) is 10.1. The van der Waals surface area contributed by atoms with E-state index >= 15 is 0 Å². The van der Waals surface area contributed by atoms with Crippen molar-refractivity contribution in [3.8, 4) is 5.75 Å². The first-order chi connectivity index (χ1) is 7.69. The molecule has 16 heavy (non-hydrogen) atoms. The summed E-state index contributed by atoms with van der Waals surface area (Å²) in [7, 11) is 3.41. The van der Waals surface area contributed by atoms with Crippen molar-refractivity contribution in [2.24, 2.45) is 0 Å². The number of anilines is 1. The van der Waals surface area contributed by atoms with Crippen LogP contribution in [0.4, 0.5) is 10.1 Å². The van der Waals surface area contributed by atoms with Crippen molar-refractivity contribution >= 4 is 5.69 Å². The fraction of sp³-hybridized carbons (Fsp3) is 0.500. The minimum Gasteiger partial charge on any atom is -0.494 e. The number of hydrogen-bond donors (Lipinski definition) is 1. The van der Waals surface area contributed by atoms with Crippen molar-refractivity contribution in [2.45, 2.75) is 6.92 Å². The van der Waals surface area contributed by atoms with Crippen LogP contribution in [0.1, 0.15) is 6.92 Å². The van der Waals surface area contributed by atoms with E-state index in [1.165, 1.54) is 13.2 Å². The van der Waals surface area contributed by atoms with Gasteiger partial charge in [0.1, 0.15) is 0 Å². The number of halogens is 1. The summed E-state index contributed by atoms with van der Waals surface area (Å²) in [5.74, 6) is -0.0425. The summed E-state index contributed by atoms with van der Waals surface area (Å²) in [6, 6.07) is 4.99. The molecule has 0 bridgehead atoms. The van der Waals surface area contributed by atoms with E-state index < -0.39 is 0 Å². The lowest BCUT2D eigenvalue weighted by atomic mass is 10.2. The highest BCUT2D eigenvalue weighted by molar-refractivity contribution is 5.49. The molecule has 0 atom stereocenters. The SMILES string of the molecule is CCNCCN(C)c1ccc(OC)c(F)c1. The Bertz CT molecular complexity index is 331. The van der Waals surface area contributed by atoms with Gasteiger partial charge < -0.3 is 15.0 Å². The molecule has 0 aromatic heterocycles. The number of rotatable bonds is 6. The molecule has 90 valence electrons. The summed E-state index contributed by atoms with van der Waals surface area (Å²) >= 11 is 0. The van der Waals surface area contributed by atoms with Crippen LogP contribution in [0.25, 0.3) is 0 Å². The van der Waals surface area contributed by atoms with Gasteiger partial charge in [0.2, 0.25) is 0 Å². The van der Waals surface area contributed by atoms with Gasteiger partial charge in [0.05, 0.1) is 7.11 Å². The fourth-order valence-electron chi connectivity index (χ4n) is 1.45. The third-order valence-corrected chi connectivity index (χ3v) is 2.45. The van der Waals surface area contributed by atoms with Crippen LogP contribution in [0.15, 0.2) is 18.2 Å². The molecule has 0 saturated carbocycles. The lowest BCUT2D eigenvalue weighted by Gasteiger charge is -2.19. The first-order valence-electron chi connectivity index (χ1n) is 5.44. The van der Waals surface area contributed by atoms with Gasteiger partial charge in [0.15, 0.2) is 11.6 Å². The van der Waals surface area contributed by atoms with Crippen LogP contribution < -0.4 is 15.0 Å². The molecule has 0 aliphatic heterocycles. The van der Waals surface area contributed by atoms with E-state index in [-0.39, 0.29) is 11.6 Å². The zero-order chi connectivity index (χ0) is 12.0. The van der Waals surface area contributed by atoms with Crippen molar-refractivity contribution in [2.75, 3.05) is 38.7 Å². The van der Waals surface area contributed by atoms with Gasteiger partial charge in [0.25, 0.3) is 0 Å². The van der Waals surface area contributed by atoms with Crippen molar-refractivity contribution in [3.05, 3.63) is 24.0 Å². The minimum absolute atomic E-state index is 0.281. The van der Waals surface area contributed by atoms with E-state index in [2.05, 4.69) is 12.2 Å². The molecular weight excluding hydrogens is 207 g/mol. The van der Waals surface area contributed by atoms with Crippen molar-refractivity contribution in [1.82, 2.24) is 5.32 Å². The van der Waals surface area contributed by atoms with E-state index in [1.807, 2.05) is 18.0 Å². The van der Waals surface area contributed by atoms with Gasteiger partial charge in [-0.25, -0.2) is 4.39 Å². The molecule has 0 heterocycles. The van der Waals surface area contributed by atoms with Crippen LogP contribution in [0.2, 0.25) is 0 Å². The molecule has 1 rings (SSSR count). The average Bonchev–Trinajstić information content (AvgIpc) is 2.29. The molecule has 1 aromatic rings. The Morgan fingerprint density at radius 2 is 2.19 bits per heavy atom. The standard InChI is InChI=1S/C12H19FN2O/c1-4-14-7-8-15(2)10-5-6-12(16-3)11(13)9-10/h5-6,9,14H,4,7-8H2,1-3H3. The molecule has 0 aliphatic rings. The average molecular weight is 226 g/mol. The number of benzene rings is 1. The first-order valence-corrected chi connectivity index (χ1v) is 5.44. The summed E-state index contributed by atoms with van der Waals surface area (Å²) in [6.07, 6.45) is 0. The maximum Gasteiger partial charge on any atom is 0.167 e. The maximum atomic E-state index is 13.4. The normalized spacial score (nSPS) is 10.2. The third kappa shape index (κ3) is 3.38. The van der Waals surface area contributed by atoms with Crippen LogP contribution in [0.3, 0.4) is 0 Å². The van der Waals surface area contributed by atoms with Crippen LogP contribution >= 0.6 is 0 Å². The van der Waals surface area contributed by atoms with Gasteiger partial charge in [-0.05, 0) is 18.7 Å². The summed E-state index contributed by atoms with van der Waals surface area (Å²) in [6.45, 7) is 4.75. The van der Waals surface area contributed by atoms with Gasteiger partial charge in [-0.2, -0.15) is 0 Å². The van der Waals surface area contributed by atoms with E-state index in [1.54, 1.807) is 6.07 Å². The predicted molar refractivity (Wildman–Crippen MR) is 64.8 cm³/mol. The minimum atomic E-state index is -0.324. The molecule has 0 radical (unpaired) electrons. The van der Waals surface area contributed by atoms with Crippen molar-refractivity contribution < 1.29 is 9.13 Å². The van der Waals surface area contributed by atoms with Crippen molar-refractivity contribution in [3.63, 3.8) is 0 Å². The Balaban J connectivity index is 2.62. The van der Waals surface area contributed by atoms with Crippen molar-refractivity contribution in [1.29, 1.82) is 0 Å². The van der Waals surface area contributed by atoms with Gasteiger partial charge in [-0.3, -0.25) is 0 Å². The predicted octanol–water partition coefficient (Wildman–Crippen LogP) is 1.88. The Labute approximate surface area is 96.2 Å². The van der Waals surface area contributed by atoms with Crippen LogP contribution in [-0.4, -0.2) is 33.8 Å². The molecule has 0 amide bonds. The first kappa shape index (κ1) is 12.8. The second-order valence-corrected chi connectivity index (χ2v) is 3.59. The highest BCUT2D eigenvalue weighted by atomic mass is 19.1. The molecule has 0 aliphatic carbocycles. The van der Waals surface area contributed by atoms with Crippen LogP contribution in [0.5, 0.6) is 5.75 Å². The highest BCUT2D eigenvalue weighted by Gasteiger charge is 2.06. The Kier molecular flexibility index (Phi) is 5.05. The summed E-state index contributed by atoms with van der Waals surface area (Å²) < 4.78 is 18.3. The van der Waals surface area contributed by atoms with Crippen LogP contribution in [-0.2, 0) is 0 Å². The molecule has 0 saturated heterocycles. The van der Waals surface area contributed by atoms with Gasteiger partial charge >= 0.3 is 0 Å². The van der Waals surface area contributed by atoms with E-state index in [0.717, 1.165) is 25.3 Å². The second kappa shape index (κ2) is 6.33. The van der Waals surface area contributed by atoms with Gasteiger partial charge in [-0.1, -0.05) is 6.92 Å². The van der Waals surface area contributed by atoms with E-state index in [9.17, 15) is 4.39 Å². The highest BCUT2D eigenvalue weighted by Crippen LogP contribution is 2.22. The number of nitrogens with one attached hydrogen (secondary N) is 1. The summed E-state index contributed by atoms with van der Waals surface area (Å²) in [5.41, 5.74) is 0.858. The molecule has 1 N–H and O–H groups in total. The number of nitrogens with zero attached hydrogens (tertiary/aromatic N) is 1. The van der Waals surface area contributed by atoms with E-state index in [4.69, 9.17) is 4.74 Å². The lowest BCUT2D eigenvalue weighted by Crippen LogP contribution is -2.28. The number of methoxy groups -OCH3 is 1. The molecule has 0 fully saturated rings. The number of hydrogen-bond acceptors (Lipinski definition) is 3. The van der Waals surface area contributed by atoms with Crippen LogP contribution in [0, 0.1) is 5.82 Å². The topological polar surface area (TPSA) is 24.5 Å². The number of ether oxygens (including phenoxy) is 1. The third-order valence-electron chi connectivity index (χ3n) is 2.45. The van der Waals surface area contributed by atoms with E-state index in [0.29, 0.717) is 0 Å². The molecule has 1 aromatic carbocycles. The number of likely N-dealkylation sites (N-methyl/N-ethyl adjacent to an activating group) is 2. The molecule has 0 unspecified atom stereocenters. The largest absolute Gasteiger partial charge is 0.494 e. The molecule has 3 nitrogen and oxygen atoms in total. The summed E-state index contributed by atoms with van der Waals surface area (Å²) in [5, 5.41) is 3.23. The molecule has 4 heteroatoms. The lowest BCUT2D eigenvalue weighted by molar-refractivity contribution is 0.386. The Hall–Kier alpha value is -1.29. The Morgan fingerprint density at radius 1 is 1.44 bits per heavy atom. The summed E-state index contributed by atoms with van der Waals surface area (Å²) in [4.78, 5) is 2.01. The van der Waals surface area contributed by atoms with Gasteiger partial charge in [0, 0.05) is 31.9 Å². The fourth-order valence-corrected chi connectivity index (χ4v) is 1.45. The smallest absolute Gasteiger partial charge is 0.167 e. The maximum absolute atomic E-state index is 13.4. The molecule has 0 spiro atoms. The quantitative estimate of drug-likeness (QED) is 0.750. The second-order valence-electron chi connectivity index (χ2n) is 3.59.